The number of ether oxygens (including phenoxy) is 10. The first-order valence-electron chi connectivity index (χ1n) is 15.2. The average Bonchev–Trinajstić information content (AvgIpc) is 3.06. The van der Waals surface area contributed by atoms with E-state index in [9.17, 15) is 65.8 Å². The lowest BCUT2D eigenvalue weighted by Crippen LogP contribution is -2.68. The van der Waals surface area contributed by atoms with Crippen molar-refractivity contribution in [3.05, 3.63) is 0 Å². The molecular formula is C27H44O23. The number of aliphatic hydroxyl groups is 9. The molecule has 4 aliphatic rings. The van der Waals surface area contributed by atoms with Gasteiger partial charge in [0.05, 0.1) is 13.2 Å². The first-order valence-corrected chi connectivity index (χ1v) is 15.2. The molecule has 23 nitrogen and oxygen atoms in total. The van der Waals surface area contributed by atoms with E-state index < -0.39 is 135 Å². The summed E-state index contributed by atoms with van der Waals surface area (Å²) in [6, 6.07) is 0. The predicted octanol–water partition coefficient (Wildman–Crippen LogP) is -7.60. The highest BCUT2D eigenvalue weighted by molar-refractivity contribution is 5.74. The molecule has 23 heteroatoms. The number of aliphatic carboxylic acids is 2. The van der Waals surface area contributed by atoms with Gasteiger partial charge in [-0.25, -0.2) is 9.59 Å². The van der Waals surface area contributed by atoms with Crippen molar-refractivity contribution >= 4 is 11.9 Å². The zero-order chi connectivity index (χ0) is 37.2. The maximum atomic E-state index is 12.4. The summed E-state index contributed by atoms with van der Waals surface area (Å²) in [6.45, 7) is -0.628. The Labute approximate surface area is 282 Å². The van der Waals surface area contributed by atoms with Gasteiger partial charge in [0.25, 0.3) is 0 Å². The van der Waals surface area contributed by atoms with E-state index in [1.807, 2.05) is 0 Å². The van der Waals surface area contributed by atoms with Crippen LogP contribution in [0.3, 0.4) is 0 Å². The second kappa shape index (κ2) is 17.3. The number of methoxy groups -OCH3 is 3. The topological polar surface area (TPSA) is 349 Å². The summed E-state index contributed by atoms with van der Waals surface area (Å²) in [5.41, 5.74) is 0. The minimum absolute atomic E-state index is 0.241. The predicted molar refractivity (Wildman–Crippen MR) is 149 cm³/mol. The highest BCUT2D eigenvalue weighted by Gasteiger charge is 2.57. The fraction of sp³-hybridized carbons (Fsp3) is 0.926. The van der Waals surface area contributed by atoms with Crippen molar-refractivity contribution in [3.63, 3.8) is 0 Å². The SMILES string of the molecule is COC[C@@H]1OC(O)[C@H](OC2O[C@H](C(=O)O)[C@H](OC3O[C@@H](COC)[C@H](O)[C@@H](O)[C@H]3OC3O[C@H](C(=O)O)[C@H](O)[C@H](OC)[C@H]3O)[C@H](O)[C@H]2O)[C@H](O)[C@H]1O. The van der Waals surface area contributed by atoms with Crippen LogP contribution in [0, 0.1) is 0 Å². The van der Waals surface area contributed by atoms with Crippen LogP contribution in [0.1, 0.15) is 0 Å². The number of hydrogen-bond acceptors (Lipinski definition) is 21. The van der Waals surface area contributed by atoms with E-state index in [0.29, 0.717) is 0 Å². The molecule has 0 aromatic heterocycles. The van der Waals surface area contributed by atoms with Crippen LogP contribution in [0.15, 0.2) is 0 Å². The molecule has 0 spiro atoms. The Hall–Kier alpha value is -1.82. The number of hydrogen-bond donors (Lipinski definition) is 11. The Kier molecular flexibility index (Phi) is 14.2. The van der Waals surface area contributed by atoms with Crippen LogP contribution < -0.4 is 0 Å². The first-order chi connectivity index (χ1) is 23.6. The van der Waals surface area contributed by atoms with Gasteiger partial charge in [-0.05, 0) is 0 Å². The fourth-order valence-electron chi connectivity index (χ4n) is 6.03. The molecule has 290 valence electrons. The molecule has 4 heterocycles. The Morgan fingerprint density at radius 2 is 0.940 bits per heavy atom. The van der Waals surface area contributed by atoms with Crippen molar-refractivity contribution in [1.29, 1.82) is 0 Å². The summed E-state index contributed by atoms with van der Waals surface area (Å²) in [6.07, 6.45) is -38.0. The molecule has 0 amide bonds. The van der Waals surface area contributed by atoms with Crippen molar-refractivity contribution < 1.29 is 113 Å². The number of rotatable bonds is 13. The lowest BCUT2D eigenvalue weighted by molar-refractivity contribution is -0.392. The molecule has 0 bridgehead atoms. The Morgan fingerprint density at radius 1 is 0.480 bits per heavy atom. The van der Waals surface area contributed by atoms with E-state index in [-0.39, 0.29) is 13.2 Å². The van der Waals surface area contributed by atoms with Gasteiger partial charge in [-0.3, -0.25) is 0 Å². The van der Waals surface area contributed by atoms with Crippen LogP contribution in [0.25, 0.3) is 0 Å². The minimum Gasteiger partial charge on any atom is -0.479 e. The van der Waals surface area contributed by atoms with Crippen LogP contribution in [0.2, 0.25) is 0 Å². The molecule has 0 radical (unpaired) electrons. The Bertz CT molecular complexity index is 1120. The van der Waals surface area contributed by atoms with Crippen LogP contribution in [-0.4, -0.2) is 225 Å². The van der Waals surface area contributed by atoms with Crippen molar-refractivity contribution in [2.45, 2.75) is 123 Å². The molecule has 0 aromatic rings. The van der Waals surface area contributed by atoms with Gasteiger partial charge in [0, 0.05) is 21.3 Å². The van der Waals surface area contributed by atoms with Crippen molar-refractivity contribution in [3.8, 4) is 0 Å². The molecule has 4 unspecified atom stereocenters. The average molecular weight is 737 g/mol. The van der Waals surface area contributed by atoms with Gasteiger partial charge in [0.2, 0.25) is 0 Å². The first kappa shape index (κ1) is 40.9. The Balaban J connectivity index is 1.57. The number of carbonyl (C=O) groups is 2. The smallest absolute Gasteiger partial charge is 0.335 e. The molecule has 0 aliphatic carbocycles. The third-order valence-electron chi connectivity index (χ3n) is 8.69. The van der Waals surface area contributed by atoms with Crippen LogP contribution in [0.4, 0.5) is 0 Å². The van der Waals surface area contributed by atoms with E-state index in [2.05, 4.69) is 0 Å². The quantitative estimate of drug-likeness (QED) is 0.0836. The Morgan fingerprint density at radius 3 is 1.48 bits per heavy atom. The van der Waals surface area contributed by atoms with Gasteiger partial charge >= 0.3 is 11.9 Å². The van der Waals surface area contributed by atoms with Crippen molar-refractivity contribution in [2.75, 3.05) is 34.5 Å². The molecule has 0 aromatic carbocycles. The maximum Gasteiger partial charge on any atom is 0.335 e. The summed E-state index contributed by atoms with van der Waals surface area (Å²) in [5, 5.41) is 116. The third-order valence-corrected chi connectivity index (χ3v) is 8.69. The highest BCUT2D eigenvalue weighted by Crippen LogP contribution is 2.35. The number of carboxylic acid groups (broad SMARTS) is 2. The van der Waals surface area contributed by atoms with Gasteiger partial charge < -0.3 is 104 Å². The molecule has 50 heavy (non-hydrogen) atoms. The minimum atomic E-state index is -2.24. The van der Waals surface area contributed by atoms with E-state index in [1.54, 1.807) is 0 Å². The summed E-state index contributed by atoms with van der Waals surface area (Å²) in [5.74, 6) is -3.50. The largest absolute Gasteiger partial charge is 0.479 e. The van der Waals surface area contributed by atoms with Crippen LogP contribution in [0.5, 0.6) is 0 Å². The van der Waals surface area contributed by atoms with Crippen LogP contribution >= 0.6 is 0 Å². The van der Waals surface area contributed by atoms with E-state index >= 15 is 0 Å². The van der Waals surface area contributed by atoms with Gasteiger partial charge in [-0.15, -0.1) is 0 Å². The van der Waals surface area contributed by atoms with Crippen LogP contribution in [-0.2, 0) is 57.0 Å². The second-order valence-corrected chi connectivity index (χ2v) is 12.0. The molecule has 4 rings (SSSR count). The van der Waals surface area contributed by atoms with Crippen molar-refractivity contribution in [2.24, 2.45) is 0 Å². The molecule has 0 saturated carbocycles. The second-order valence-electron chi connectivity index (χ2n) is 12.0. The summed E-state index contributed by atoms with van der Waals surface area (Å²) in [4.78, 5) is 24.1. The monoisotopic (exact) mass is 736 g/mol. The standard InChI is InChI=1S/C27H44O23/c1-41-4-6-8(28)10(30)19(24(40)44-6)48-25-13(33)12(32)17(21(50-25)23(38)39)46-27-20(11(31)9(29)7(45-27)5-42-2)49-26-15(35)16(43-3)14(34)18(47-26)22(36)37/h6-21,24-35,40H,4-5H2,1-3H3,(H,36,37)(H,38,39)/t6-,7-,8-,9-,10+,11+,12+,13+,14+,15+,16-,17+,18-,19+,20+,21-,24?,25?,26?,27?/m0/s1. The maximum absolute atomic E-state index is 12.4. The highest BCUT2D eigenvalue weighted by atomic mass is 16.8. The van der Waals surface area contributed by atoms with E-state index in [4.69, 9.17) is 47.4 Å². The fourth-order valence-corrected chi connectivity index (χ4v) is 6.03. The van der Waals surface area contributed by atoms with Gasteiger partial charge in [0.15, 0.2) is 37.4 Å². The number of aliphatic hydroxyl groups excluding tert-OH is 9. The summed E-state index contributed by atoms with van der Waals surface area (Å²) < 4.78 is 52.9. The normalized spacial score (nSPS) is 48.6. The molecule has 20 atom stereocenters. The van der Waals surface area contributed by atoms with E-state index in [1.165, 1.54) is 14.2 Å². The zero-order valence-corrected chi connectivity index (χ0v) is 26.8. The van der Waals surface area contributed by atoms with E-state index in [0.717, 1.165) is 7.11 Å². The van der Waals surface area contributed by atoms with Gasteiger partial charge in [-0.1, -0.05) is 0 Å². The summed E-state index contributed by atoms with van der Waals surface area (Å²) in [7, 11) is 3.53. The molecular weight excluding hydrogens is 692 g/mol. The lowest BCUT2D eigenvalue weighted by atomic mass is 9.95. The number of carboxylic acids is 2. The molecule has 4 aliphatic heterocycles. The lowest BCUT2D eigenvalue weighted by Gasteiger charge is -2.48. The van der Waals surface area contributed by atoms with Gasteiger partial charge in [-0.2, -0.15) is 0 Å². The van der Waals surface area contributed by atoms with Gasteiger partial charge in [0.1, 0.15) is 85.5 Å². The summed E-state index contributed by atoms with van der Waals surface area (Å²) >= 11 is 0. The van der Waals surface area contributed by atoms with Crippen molar-refractivity contribution in [1.82, 2.24) is 0 Å². The molecule has 4 fully saturated rings. The molecule has 4 saturated heterocycles. The molecule has 11 N–H and O–H groups in total. The zero-order valence-electron chi connectivity index (χ0n) is 26.8. The third kappa shape index (κ3) is 8.36.